The molecule has 2 fully saturated rings. The van der Waals surface area contributed by atoms with Crippen LogP contribution in [0.3, 0.4) is 0 Å². The second-order valence-corrected chi connectivity index (χ2v) is 8.12. The van der Waals surface area contributed by atoms with Crippen LogP contribution >= 0.6 is 0 Å². The Labute approximate surface area is 170 Å². The molecular formula is C24H25N3O2. The Hall–Kier alpha value is -2.81. The summed E-state index contributed by atoms with van der Waals surface area (Å²) in [5.41, 5.74) is 12.2. The Morgan fingerprint density at radius 2 is 1.86 bits per heavy atom. The minimum absolute atomic E-state index is 0.357. The highest BCUT2D eigenvalue weighted by atomic mass is 16.7. The first-order valence-corrected chi connectivity index (χ1v) is 10.3. The lowest BCUT2D eigenvalue weighted by Gasteiger charge is -2.36. The molecule has 29 heavy (non-hydrogen) atoms. The molecule has 2 heterocycles. The van der Waals surface area contributed by atoms with Gasteiger partial charge in [-0.15, -0.1) is 0 Å². The molecule has 5 heteroatoms. The summed E-state index contributed by atoms with van der Waals surface area (Å²) >= 11 is 0. The van der Waals surface area contributed by atoms with Crippen LogP contribution in [0.15, 0.2) is 42.6 Å². The van der Waals surface area contributed by atoms with E-state index in [4.69, 9.17) is 21.8 Å². The van der Waals surface area contributed by atoms with Gasteiger partial charge in [0.05, 0.1) is 19.8 Å². The molecule has 2 aromatic carbocycles. The third kappa shape index (κ3) is 3.00. The number of fused-ring (bicyclic) bond motifs is 1. The van der Waals surface area contributed by atoms with E-state index in [-0.39, 0.29) is 5.79 Å². The number of benzene rings is 2. The van der Waals surface area contributed by atoms with Gasteiger partial charge in [-0.1, -0.05) is 18.2 Å². The normalized spacial score (nSPS) is 19.0. The molecule has 1 spiro atoms. The molecule has 2 aliphatic rings. The maximum atomic E-state index is 7.44. The van der Waals surface area contributed by atoms with E-state index in [0.717, 1.165) is 53.4 Å². The summed E-state index contributed by atoms with van der Waals surface area (Å²) in [6.07, 6.45) is 6.13. The summed E-state index contributed by atoms with van der Waals surface area (Å²) in [6.45, 7) is 10.9. The van der Waals surface area contributed by atoms with E-state index in [9.17, 15) is 0 Å². The molecule has 0 amide bonds. The summed E-state index contributed by atoms with van der Waals surface area (Å²) in [6, 6.07) is 12.4. The Bertz CT molecular complexity index is 1110. The van der Waals surface area contributed by atoms with Crippen LogP contribution in [0.2, 0.25) is 0 Å². The minimum Gasteiger partial charge on any atom is -0.398 e. The smallest absolute Gasteiger partial charge is 0.188 e. The summed E-state index contributed by atoms with van der Waals surface area (Å²) in [5.74, 6) is -0.357. The van der Waals surface area contributed by atoms with E-state index in [2.05, 4.69) is 34.7 Å². The zero-order valence-corrected chi connectivity index (χ0v) is 16.6. The molecular weight excluding hydrogens is 362 g/mol. The van der Waals surface area contributed by atoms with Crippen LogP contribution in [0.5, 0.6) is 0 Å². The lowest BCUT2D eigenvalue weighted by molar-refractivity contribution is -0.181. The maximum Gasteiger partial charge on any atom is 0.188 e. The zero-order valence-electron chi connectivity index (χ0n) is 16.6. The highest BCUT2D eigenvalue weighted by Crippen LogP contribution is 2.44. The molecule has 0 unspecified atom stereocenters. The van der Waals surface area contributed by atoms with Gasteiger partial charge in [0.1, 0.15) is 0 Å². The van der Waals surface area contributed by atoms with Gasteiger partial charge in [-0.05, 0) is 54.5 Å². The molecule has 5 rings (SSSR count). The van der Waals surface area contributed by atoms with Crippen LogP contribution < -0.4 is 5.73 Å². The van der Waals surface area contributed by atoms with Crippen molar-refractivity contribution in [1.29, 1.82) is 0 Å². The third-order valence-electron chi connectivity index (χ3n) is 6.54. The number of ether oxygens (including phenoxy) is 2. The van der Waals surface area contributed by atoms with Gasteiger partial charge in [-0.25, -0.2) is 4.85 Å². The second-order valence-electron chi connectivity index (χ2n) is 8.12. The van der Waals surface area contributed by atoms with Crippen molar-refractivity contribution in [3.05, 3.63) is 59.6 Å². The first-order valence-electron chi connectivity index (χ1n) is 10.3. The maximum absolute atomic E-state index is 7.44. The van der Waals surface area contributed by atoms with Crippen LogP contribution in [0.1, 0.15) is 37.3 Å². The fourth-order valence-corrected chi connectivity index (χ4v) is 4.88. The fraction of sp³-hybridized carbons (Fsp3) is 0.375. The Balaban J connectivity index is 1.60. The number of aromatic nitrogens is 1. The molecule has 0 atom stereocenters. The number of nitrogens with zero attached hydrogens (tertiary/aromatic N) is 2. The van der Waals surface area contributed by atoms with Gasteiger partial charge in [0, 0.05) is 41.8 Å². The van der Waals surface area contributed by atoms with Crippen molar-refractivity contribution in [2.45, 2.75) is 44.4 Å². The van der Waals surface area contributed by atoms with Crippen molar-refractivity contribution < 1.29 is 9.47 Å². The van der Waals surface area contributed by atoms with Crippen LogP contribution in [0, 0.1) is 13.5 Å². The van der Waals surface area contributed by atoms with Crippen molar-refractivity contribution in [1.82, 2.24) is 4.57 Å². The molecule has 1 aromatic heterocycles. The Morgan fingerprint density at radius 3 is 2.59 bits per heavy atom. The van der Waals surface area contributed by atoms with E-state index in [1.807, 2.05) is 24.3 Å². The molecule has 2 N–H and O–H groups in total. The average Bonchev–Trinajstić information content (AvgIpc) is 3.35. The third-order valence-corrected chi connectivity index (χ3v) is 6.54. The molecule has 0 bridgehead atoms. The molecule has 0 radical (unpaired) electrons. The van der Waals surface area contributed by atoms with Gasteiger partial charge in [0.15, 0.2) is 11.5 Å². The highest BCUT2D eigenvalue weighted by Gasteiger charge is 2.40. The quantitative estimate of drug-likeness (QED) is 0.459. The minimum atomic E-state index is -0.357. The lowest BCUT2D eigenvalue weighted by Crippen LogP contribution is -2.35. The van der Waals surface area contributed by atoms with Crippen molar-refractivity contribution in [2.75, 3.05) is 18.9 Å². The first-order chi connectivity index (χ1) is 14.1. The van der Waals surface area contributed by atoms with E-state index in [1.54, 1.807) is 0 Å². The number of nitrogens with two attached hydrogens (primary N) is 1. The fourth-order valence-electron chi connectivity index (χ4n) is 4.88. The van der Waals surface area contributed by atoms with Crippen LogP contribution in [0.25, 0.3) is 26.9 Å². The summed E-state index contributed by atoms with van der Waals surface area (Å²) < 4.78 is 14.2. The van der Waals surface area contributed by atoms with Crippen LogP contribution in [-0.4, -0.2) is 23.6 Å². The lowest BCUT2D eigenvalue weighted by atomic mass is 9.90. The average molecular weight is 387 g/mol. The van der Waals surface area contributed by atoms with Gasteiger partial charge in [0.25, 0.3) is 0 Å². The summed E-state index contributed by atoms with van der Waals surface area (Å²) in [7, 11) is 0. The summed E-state index contributed by atoms with van der Waals surface area (Å²) in [4.78, 5) is 3.65. The first kappa shape index (κ1) is 18.2. The Morgan fingerprint density at radius 1 is 1.10 bits per heavy atom. The molecule has 1 aliphatic carbocycles. The zero-order chi connectivity index (χ0) is 20.0. The van der Waals surface area contributed by atoms with Crippen LogP contribution in [0.4, 0.5) is 11.4 Å². The van der Waals surface area contributed by atoms with E-state index >= 15 is 0 Å². The molecule has 148 valence electrons. The topological polar surface area (TPSA) is 53.8 Å². The molecule has 1 aliphatic heterocycles. The molecule has 3 aromatic rings. The van der Waals surface area contributed by atoms with Crippen molar-refractivity contribution in [2.24, 2.45) is 0 Å². The van der Waals surface area contributed by atoms with Crippen molar-refractivity contribution in [3.8, 4) is 11.1 Å². The number of nitrogen functional groups attached to an aromatic ring is 1. The predicted octanol–water partition coefficient (Wildman–Crippen LogP) is 5.61. The van der Waals surface area contributed by atoms with Crippen LogP contribution in [-0.2, 0) is 9.47 Å². The molecule has 1 saturated heterocycles. The SMILES string of the molecule is [C-]#[N+]c1ccc2c(c1)c(-c1cccc(N)c1C)cn2C1CCC2(CC1)OCCO2. The molecule has 1 saturated carbocycles. The highest BCUT2D eigenvalue weighted by molar-refractivity contribution is 5.99. The standard InChI is InChI=1S/C24H25N3O2/c1-16-19(4-3-5-22(16)25)21-15-27(23-7-6-17(26-2)14-20(21)23)18-8-10-24(11-9-18)28-12-13-29-24/h3-7,14-15,18H,8-13,25H2,1H3. The van der Waals surface area contributed by atoms with Gasteiger partial charge in [-0.3, -0.25) is 0 Å². The Kier molecular flexibility index (Phi) is 4.34. The van der Waals surface area contributed by atoms with Gasteiger partial charge in [-0.2, -0.15) is 0 Å². The van der Waals surface area contributed by atoms with Crippen molar-refractivity contribution in [3.63, 3.8) is 0 Å². The van der Waals surface area contributed by atoms with Gasteiger partial charge in [0.2, 0.25) is 0 Å². The monoisotopic (exact) mass is 387 g/mol. The van der Waals surface area contributed by atoms with Gasteiger partial charge < -0.3 is 19.8 Å². The van der Waals surface area contributed by atoms with Gasteiger partial charge >= 0.3 is 0 Å². The number of rotatable bonds is 2. The second kappa shape index (κ2) is 6.91. The summed E-state index contributed by atoms with van der Waals surface area (Å²) in [5, 5.41) is 1.11. The molecule has 5 nitrogen and oxygen atoms in total. The van der Waals surface area contributed by atoms with E-state index < -0.39 is 0 Å². The number of anilines is 1. The van der Waals surface area contributed by atoms with E-state index in [0.29, 0.717) is 24.9 Å². The number of hydrogen-bond donors (Lipinski definition) is 1. The predicted molar refractivity (Wildman–Crippen MR) is 115 cm³/mol. The van der Waals surface area contributed by atoms with Crippen molar-refractivity contribution >= 4 is 22.3 Å². The van der Waals surface area contributed by atoms with E-state index in [1.165, 1.54) is 5.52 Å². The largest absolute Gasteiger partial charge is 0.398 e. The number of hydrogen-bond acceptors (Lipinski definition) is 3.